The quantitative estimate of drug-likeness (QED) is 0.885. The first-order valence-corrected chi connectivity index (χ1v) is 5.95. The molecule has 5 nitrogen and oxygen atoms in total. The lowest BCUT2D eigenvalue weighted by molar-refractivity contribution is 0.0696. The van der Waals surface area contributed by atoms with Crippen LogP contribution in [0.1, 0.15) is 15.9 Å². The van der Waals surface area contributed by atoms with Crippen LogP contribution < -0.4 is 4.90 Å². The van der Waals surface area contributed by atoms with E-state index in [9.17, 15) is 4.79 Å². The van der Waals surface area contributed by atoms with Gasteiger partial charge in [0, 0.05) is 32.2 Å². The summed E-state index contributed by atoms with van der Waals surface area (Å²) in [6.07, 6.45) is 7.42. The number of likely N-dealkylation sites (N-methyl/N-ethyl adjacent to an activating group) is 1. The van der Waals surface area contributed by atoms with Crippen LogP contribution in [-0.2, 0) is 6.42 Å². The molecular weight excluding hydrogens is 242 g/mol. The summed E-state index contributed by atoms with van der Waals surface area (Å²) in [5.74, 6) is -0.961. The largest absolute Gasteiger partial charge is 0.478 e. The van der Waals surface area contributed by atoms with Gasteiger partial charge in [0.1, 0.15) is 0 Å². The molecule has 0 amide bonds. The van der Waals surface area contributed by atoms with Gasteiger partial charge in [-0.3, -0.25) is 9.97 Å². The molecule has 0 aliphatic rings. The fourth-order valence-electron chi connectivity index (χ4n) is 1.73. The van der Waals surface area contributed by atoms with Crippen molar-refractivity contribution in [3.8, 4) is 0 Å². The second-order valence-electron chi connectivity index (χ2n) is 4.26. The number of hydrogen-bond acceptors (Lipinski definition) is 4. The third-order valence-electron chi connectivity index (χ3n) is 2.90. The molecule has 0 saturated carbocycles. The summed E-state index contributed by atoms with van der Waals surface area (Å²) >= 11 is 0. The van der Waals surface area contributed by atoms with Crippen LogP contribution in [0.3, 0.4) is 0 Å². The fourth-order valence-corrected chi connectivity index (χ4v) is 1.73. The zero-order valence-electron chi connectivity index (χ0n) is 10.7. The van der Waals surface area contributed by atoms with Crippen molar-refractivity contribution in [3.05, 3.63) is 54.1 Å². The molecule has 0 atom stereocenters. The van der Waals surface area contributed by atoms with E-state index >= 15 is 0 Å². The smallest absolute Gasteiger partial charge is 0.337 e. The van der Waals surface area contributed by atoms with Crippen molar-refractivity contribution in [2.45, 2.75) is 6.42 Å². The van der Waals surface area contributed by atoms with Gasteiger partial charge in [-0.25, -0.2) is 4.79 Å². The average Bonchev–Trinajstić information content (AvgIpc) is 2.46. The van der Waals surface area contributed by atoms with Crippen LogP contribution in [0.5, 0.6) is 0 Å². The maximum absolute atomic E-state index is 10.9. The lowest BCUT2D eigenvalue weighted by Crippen LogP contribution is -2.20. The Bertz CT molecular complexity index is 558. The predicted octanol–water partition coefficient (Wildman–Crippen LogP) is 1.85. The van der Waals surface area contributed by atoms with Crippen molar-refractivity contribution >= 4 is 11.7 Å². The minimum atomic E-state index is -0.961. The number of carboxylic acid groups (broad SMARTS) is 1. The van der Waals surface area contributed by atoms with Crippen LogP contribution in [0.25, 0.3) is 0 Å². The highest BCUT2D eigenvalue weighted by molar-refractivity contribution is 5.88. The highest BCUT2D eigenvalue weighted by Crippen LogP contribution is 2.13. The minimum Gasteiger partial charge on any atom is -0.478 e. The SMILES string of the molecule is CN(CCc1ccncc1)c1cncc(C(=O)O)c1. The molecule has 0 aliphatic carbocycles. The first kappa shape index (κ1) is 13.0. The first-order valence-electron chi connectivity index (χ1n) is 5.95. The maximum Gasteiger partial charge on any atom is 0.337 e. The van der Waals surface area contributed by atoms with Crippen molar-refractivity contribution < 1.29 is 9.90 Å². The number of rotatable bonds is 5. The number of carboxylic acids is 1. The second kappa shape index (κ2) is 5.95. The van der Waals surface area contributed by atoms with Crippen LogP contribution in [0.4, 0.5) is 5.69 Å². The van der Waals surface area contributed by atoms with Gasteiger partial charge in [-0.2, -0.15) is 0 Å². The molecular formula is C14H15N3O2. The van der Waals surface area contributed by atoms with E-state index in [1.807, 2.05) is 24.1 Å². The first-order chi connectivity index (χ1) is 9.16. The molecule has 0 saturated heterocycles. The number of aromatic nitrogens is 2. The van der Waals surface area contributed by atoms with Gasteiger partial charge < -0.3 is 10.0 Å². The monoisotopic (exact) mass is 257 g/mol. The highest BCUT2D eigenvalue weighted by atomic mass is 16.4. The van der Waals surface area contributed by atoms with Gasteiger partial charge in [0.05, 0.1) is 17.4 Å². The summed E-state index contributed by atoms with van der Waals surface area (Å²) in [7, 11) is 1.92. The molecule has 0 aromatic carbocycles. The number of nitrogens with zero attached hydrogens (tertiary/aromatic N) is 3. The zero-order valence-corrected chi connectivity index (χ0v) is 10.7. The van der Waals surface area contributed by atoms with E-state index in [0.717, 1.165) is 18.7 Å². The molecule has 0 spiro atoms. The number of aromatic carboxylic acids is 1. The Morgan fingerprint density at radius 3 is 2.68 bits per heavy atom. The third-order valence-corrected chi connectivity index (χ3v) is 2.90. The molecule has 2 heterocycles. The standard InChI is InChI=1S/C14H15N3O2/c1-17(7-4-11-2-5-15-6-3-11)13-8-12(14(18)19)9-16-10-13/h2-3,5-6,8-10H,4,7H2,1H3,(H,18,19). The summed E-state index contributed by atoms with van der Waals surface area (Å²) in [5.41, 5.74) is 2.20. The molecule has 2 aromatic heterocycles. The van der Waals surface area contributed by atoms with E-state index in [0.29, 0.717) is 0 Å². The molecule has 0 fully saturated rings. The van der Waals surface area contributed by atoms with E-state index in [1.54, 1.807) is 24.7 Å². The summed E-state index contributed by atoms with van der Waals surface area (Å²) in [4.78, 5) is 20.8. The van der Waals surface area contributed by atoms with Crippen molar-refractivity contribution in [1.29, 1.82) is 0 Å². The Balaban J connectivity index is 2.02. The van der Waals surface area contributed by atoms with Crippen LogP contribution in [0, 0.1) is 0 Å². The zero-order chi connectivity index (χ0) is 13.7. The molecule has 0 aliphatic heterocycles. The molecule has 0 unspecified atom stereocenters. The number of hydrogen-bond donors (Lipinski definition) is 1. The summed E-state index contributed by atoms with van der Waals surface area (Å²) in [5, 5.41) is 8.93. The van der Waals surface area contributed by atoms with Crippen LogP contribution in [0.15, 0.2) is 43.0 Å². The van der Waals surface area contributed by atoms with Crippen molar-refractivity contribution in [2.75, 3.05) is 18.5 Å². The van der Waals surface area contributed by atoms with Crippen molar-refractivity contribution in [2.24, 2.45) is 0 Å². The topological polar surface area (TPSA) is 66.3 Å². The summed E-state index contributed by atoms with van der Waals surface area (Å²) < 4.78 is 0. The number of anilines is 1. The van der Waals surface area contributed by atoms with E-state index in [2.05, 4.69) is 9.97 Å². The molecule has 5 heteroatoms. The highest BCUT2D eigenvalue weighted by Gasteiger charge is 2.07. The van der Waals surface area contributed by atoms with Crippen molar-refractivity contribution in [1.82, 2.24) is 9.97 Å². The number of pyridine rings is 2. The van der Waals surface area contributed by atoms with Gasteiger partial charge in [0.2, 0.25) is 0 Å². The molecule has 1 N–H and O–H groups in total. The van der Waals surface area contributed by atoms with Gasteiger partial charge in [-0.05, 0) is 30.2 Å². The molecule has 19 heavy (non-hydrogen) atoms. The molecule has 0 radical (unpaired) electrons. The van der Waals surface area contributed by atoms with Crippen LogP contribution >= 0.6 is 0 Å². The van der Waals surface area contributed by atoms with Gasteiger partial charge in [0.25, 0.3) is 0 Å². The van der Waals surface area contributed by atoms with Crippen LogP contribution in [-0.4, -0.2) is 34.6 Å². The minimum absolute atomic E-state index is 0.202. The lowest BCUT2D eigenvalue weighted by Gasteiger charge is -2.19. The van der Waals surface area contributed by atoms with Gasteiger partial charge in [0.15, 0.2) is 0 Å². The Morgan fingerprint density at radius 2 is 2.00 bits per heavy atom. The Morgan fingerprint density at radius 1 is 1.26 bits per heavy atom. The lowest BCUT2D eigenvalue weighted by atomic mass is 10.2. The average molecular weight is 257 g/mol. The Hall–Kier alpha value is -2.43. The van der Waals surface area contributed by atoms with Crippen LogP contribution in [0.2, 0.25) is 0 Å². The number of carbonyl (C=O) groups is 1. The summed E-state index contributed by atoms with van der Waals surface area (Å²) in [6, 6.07) is 5.57. The molecule has 98 valence electrons. The van der Waals surface area contributed by atoms with Gasteiger partial charge >= 0.3 is 5.97 Å². The van der Waals surface area contributed by atoms with E-state index in [4.69, 9.17) is 5.11 Å². The van der Waals surface area contributed by atoms with Gasteiger partial charge in [-0.1, -0.05) is 0 Å². The fraction of sp³-hybridized carbons (Fsp3) is 0.214. The van der Waals surface area contributed by atoms with E-state index < -0.39 is 5.97 Å². The maximum atomic E-state index is 10.9. The van der Waals surface area contributed by atoms with Gasteiger partial charge in [-0.15, -0.1) is 0 Å². The van der Waals surface area contributed by atoms with E-state index in [-0.39, 0.29) is 5.56 Å². The third kappa shape index (κ3) is 3.51. The Labute approximate surface area is 111 Å². The van der Waals surface area contributed by atoms with E-state index in [1.165, 1.54) is 11.8 Å². The Kier molecular flexibility index (Phi) is 4.07. The normalized spacial score (nSPS) is 10.2. The molecule has 2 aromatic rings. The van der Waals surface area contributed by atoms with Crippen molar-refractivity contribution in [3.63, 3.8) is 0 Å². The summed E-state index contributed by atoms with van der Waals surface area (Å²) in [6.45, 7) is 0.786. The second-order valence-corrected chi connectivity index (χ2v) is 4.26. The molecule has 0 bridgehead atoms. The predicted molar refractivity (Wildman–Crippen MR) is 72.4 cm³/mol. The molecule has 2 rings (SSSR count).